The third-order valence-corrected chi connectivity index (χ3v) is 3.27. The Kier molecular flexibility index (Phi) is 3.80. The van der Waals surface area contributed by atoms with Gasteiger partial charge in [0.1, 0.15) is 5.75 Å². The van der Waals surface area contributed by atoms with E-state index in [0.29, 0.717) is 0 Å². The van der Waals surface area contributed by atoms with E-state index in [-0.39, 0.29) is 6.10 Å². The molecule has 0 atom stereocenters. The summed E-state index contributed by atoms with van der Waals surface area (Å²) < 4.78 is 7.71. The molecule has 0 amide bonds. The Balaban J connectivity index is 2.99. The molecule has 1 aromatic rings. The third kappa shape index (κ3) is 2.99. The predicted molar refractivity (Wildman–Crippen MR) is 62.3 cm³/mol. The average Bonchev–Trinajstić information content (AvgIpc) is 1.98. The van der Waals surface area contributed by atoms with Crippen LogP contribution >= 0.6 is 31.9 Å². The second-order valence-corrected chi connectivity index (χ2v) is 4.89. The van der Waals surface area contributed by atoms with Gasteiger partial charge >= 0.3 is 0 Å². The largest absolute Gasteiger partial charge is 0.491 e. The van der Waals surface area contributed by atoms with Crippen LogP contribution in [0, 0.1) is 6.92 Å². The molecule has 0 spiro atoms. The van der Waals surface area contributed by atoms with Crippen LogP contribution in [-0.4, -0.2) is 6.10 Å². The fourth-order valence-electron chi connectivity index (χ4n) is 0.962. The van der Waals surface area contributed by atoms with Crippen molar-refractivity contribution in [2.75, 3.05) is 0 Å². The van der Waals surface area contributed by atoms with Crippen LogP contribution < -0.4 is 4.74 Å². The maximum Gasteiger partial charge on any atom is 0.121 e. The molecule has 0 saturated heterocycles. The van der Waals surface area contributed by atoms with E-state index in [1.165, 1.54) is 5.56 Å². The molecule has 1 nitrogen and oxygen atoms in total. The summed E-state index contributed by atoms with van der Waals surface area (Å²) in [5.74, 6) is 0.888. The van der Waals surface area contributed by atoms with E-state index >= 15 is 0 Å². The molecule has 1 aromatic carbocycles. The van der Waals surface area contributed by atoms with E-state index in [9.17, 15) is 0 Å². The van der Waals surface area contributed by atoms with Gasteiger partial charge in [-0.3, -0.25) is 0 Å². The minimum absolute atomic E-state index is 0.210. The van der Waals surface area contributed by atoms with E-state index in [2.05, 4.69) is 31.9 Å². The van der Waals surface area contributed by atoms with E-state index in [1.54, 1.807) is 0 Å². The minimum atomic E-state index is 0.210. The molecular weight excluding hydrogens is 296 g/mol. The fraction of sp³-hybridized carbons (Fsp3) is 0.400. The van der Waals surface area contributed by atoms with Gasteiger partial charge in [-0.1, -0.05) is 31.9 Å². The zero-order valence-electron chi connectivity index (χ0n) is 7.90. The van der Waals surface area contributed by atoms with Crippen molar-refractivity contribution in [1.82, 2.24) is 0 Å². The standard InChI is InChI=1S/C10H12Br2O/c1-6(2)13-8-4-9(11)7(3)10(12)5-8/h4-6H,1-3H3. The summed E-state index contributed by atoms with van der Waals surface area (Å²) >= 11 is 6.95. The molecule has 0 radical (unpaired) electrons. The first-order valence-corrected chi connectivity index (χ1v) is 5.71. The molecule has 0 fully saturated rings. The molecule has 0 aromatic heterocycles. The third-order valence-electron chi connectivity index (χ3n) is 1.63. The molecule has 0 aliphatic carbocycles. The van der Waals surface area contributed by atoms with E-state index < -0.39 is 0 Å². The lowest BCUT2D eigenvalue weighted by molar-refractivity contribution is 0.242. The van der Waals surface area contributed by atoms with Crippen molar-refractivity contribution in [3.05, 3.63) is 26.6 Å². The Morgan fingerprint density at radius 3 is 2.00 bits per heavy atom. The fourth-order valence-corrected chi connectivity index (χ4v) is 2.11. The number of halogens is 2. The first-order valence-electron chi connectivity index (χ1n) is 4.13. The number of rotatable bonds is 2. The zero-order valence-corrected chi connectivity index (χ0v) is 11.1. The predicted octanol–water partition coefficient (Wildman–Crippen LogP) is 4.31. The Labute approximate surface area is 95.7 Å². The maximum atomic E-state index is 5.57. The highest BCUT2D eigenvalue weighted by Crippen LogP contribution is 2.30. The Hall–Kier alpha value is -0.0200. The highest BCUT2D eigenvalue weighted by molar-refractivity contribution is 9.11. The van der Waals surface area contributed by atoms with Gasteiger partial charge in [0.2, 0.25) is 0 Å². The van der Waals surface area contributed by atoms with Crippen LogP contribution in [0.3, 0.4) is 0 Å². The monoisotopic (exact) mass is 306 g/mol. The summed E-state index contributed by atoms with van der Waals surface area (Å²) in [6.07, 6.45) is 0.210. The van der Waals surface area contributed by atoms with Crippen molar-refractivity contribution in [3.8, 4) is 5.75 Å². The van der Waals surface area contributed by atoms with Crippen molar-refractivity contribution in [1.29, 1.82) is 0 Å². The molecule has 13 heavy (non-hydrogen) atoms. The molecule has 72 valence electrons. The molecule has 1 rings (SSSR count). The summed E-state index contributed by atoms with van der Waals surface area (Å²) in [5, 5.41) is 0. The number of benzene rings is 1. The first kappa shape index (κ1) is 11.1. The van der Waals surface area contributed by atoms with E-state index in [0.717, 1.165) is 14.7 Å². The van der Waals surface area contributed by atoms with Crippen LogP contribution in [0.1, 0.15) is 19.4 Å². The lowest BCUT2D eigenvalue weighted by Gasteiger charge is -2.11. The average molecular weight is 308 g/mol. The van der Waals surface area contributed by atoms with Crippen LogP contribution in [-0.2, 0) is 0 Å². The van der Waals surface area contributed by atoms with Gasteiger partial charge in [0.05, 0.1) is 6.10 Å². The number of ether oxygens (including phenoxy) is 1. The van der Waals surface area contributed by atoms with Gasteiger partial charge in [0, 0.05) is 8.95 Å². The SMILES string of the molecule is Cc1c(Br)cc(OC(C)C)cc1Br. The van der Waals surface area contributed by atoms with Crippen molar-refractivity contribution in [2.45, 2.75) is 26.9 Å². The molecule has 0 saturated carbocycles. The molecule has 0 unspecified atom stereocenters. The van der Waals surface area contributed by atoms with E-state index in [1.807, 2.05) is 32.9 Å². The molecule has 0 N–H and O–H groups in total. The Bertz CT molecular complexity index is 285. The molecule has 0 heterocycles. The van der Waals surface area contributed by atoms with Crippen LogP contribution in [0.15, 0.2) is 21.1 Å². The van der Waals surface area contributed by atoms with Crippen molar-refractivity contribution in [3.63, 3.8) is 0 Å². The van der Waals surface area contributed by atoms with Gasteiger partial charge in [-0.15, -0.1) is 0 Å². The van der Waals surface area contributed by atoms with Crippen molar-refractivity contribution in [2.24, 2.45) is 0 Å². The molecule has 0 bridgehead atoms. The van der Waals surface area contributed by atoms with Gasteiger partial charge in [-0.25, -0.2) is 0 Å². The van der Waals surface area contributed by atoms with Gasteiger partial charge in [-0.05, 0) is 38.5 Å². The van der Waals surface area contributed by atoms with Gasteiger partial charge in [0.25, 0.3) is 0 Å². The van der Waals surface area contributed by atoms with Gasteiger partial charge < -0.3 is 4.74 Å². The highest BCUT2D eigenvalue weighted by atomic mass is 79.9. The quantitative estimate of drug-likeness (QED) is 0.791. The number of hydrogen-bond acceptors (Lipinski definition) is 1. The molecule has 0 aliphatic rings. The van der Waals surface area contributed by atoms with E-state index in [4.69, 9.17) is 4.74 Å². The van der Waals surface area contributed by atoms with Gasteiger partial charge in [-0.2, -0.15) is 0 Å². The van der Waals surface area contributed by atoms with Crippen LogP contribution in [0.5, 0.6) is 5.75 Å². The highest BCUT2D eigenvalue weighted by Gasteiger charge is 2.04. The topological polar surface area (TPSA) is 9.23 Å². The second kappa shape index (κ2) is 4.47. The van der Waals surface area contributed by atoms with Crippen LogP contribution in [0.2, 0.25) is 0 Å². The summed E-state index contributed by atoms with van der Waals surface area (Å²) in [4.78, 5) is 0. The van der Waals surface area contributed by atoms with Crippen molar-refractivity contribution < 1.29 is 4.74 Å². The summed E-state index contributed by atoms with van der Waals surface area (Å²) in [7, 11) is 0. The molecular formula is C10H12Br2O. The molecule has 3 heteroatoms. The minimum Gasteiger partial charge on any atom is -0.491 e. The maximum absolute atomic E-state index is 5.57. The lowest BCUT2D eigenvalue weighted by atomic mass is 10.2. The van der Waals surface area contributed by atoms with Gasteiger partial charge in [0.15, 0.2) is 0 Å². The lowest BCUT2D eigenvalue weighted by Crippen LogP contribution is -2.05. The smallest absolute Gasteiger partial charge is 0.121 e. The van der Waals surface area contributed by atoms with Crippen LogP contribution in [0.25, 0.3) is 0 Å². The zero-order chi connectivity index (χ0) is 10.0. The first-order chi connectivity index (χ1) is 6.00. The van der Waals surface area contributed by atoms with Crippen molar-refractivity contribution >= 4 is 31.9 Å². The molecule has 0 aliphatic heterocycles. The Morgan fingerprint density at radius 1 is 1.15 bits per heavy atom. The number of hydrogen-bond donors (Lipinski definition) is 0. The Morgan fingerprint density at radius 2 is 1.62 bits per heavy atom. The second-order valence-electron chi connectivity index (χ2n) is 3.18. The summed E-state index contributed by atoms with van der Waals surface area (Å²) in [6, 6.07) is 3.97. The summed E-state index contributed by atoms with van der Waals surface area (Å²) in [6.45, 7) is 6.08. The summed E-state index contributed by atoms with van der Waals surface area (Å²) in [5.41, 5.74) is 1.19. The van der Waals surface area contributed by atoms with Crippen LogP contribution in [0.4, 0.5) is 0 Å². The normalized spacial score (nSPS) is 10.6.